The first kappa shape index (κ1) is 20.0. The molecule has 2 heteroatoms. The third-order valence-corrected chi connectivity index (χ3v) is 5.45. The molecular weight excluding hydrogens is 518 g/mol. The van der Waals surface area contributed by atoms with Gasteiger partial charge in [0.25, 0.3) is 0 Å². The fourth-order valence-electron chi connectivity index (χ4n) is 3.14. The van der Waals surface area contributed by atoms with Crippen molar-refractivity contribution in [1.82, 2.24) is 0 Å². The average molecular weight is 544 g/mol. The van der Waals surface area contributed by atoms with Gasteiger partial charge in [0.15, 0.2) is 0 Å². The van der Waals surface area contributed by atoms with Crippen molar-refractivity contribution in [1.29, 1.82) is 0 Å². The summed E-state index contributed by atoms with van der Waals surface area (Å²) >= 11 is 4.75. The number of rotatable bonds is 2. The molecule has 0 heterocycles. The zero-order valence-corrected chi connectivity index (χ0v) is 19.7. The monoisotopic (exact) mass is 544 g/mol. The summed E-state index contributed by atoms with van der Waals surface area (Å²) in [6.07, 6.45) is 0. The lowest BCUT2D eigenvalue weighted by atomic mass is 9.70. The Bertz CT molecular complexity index is 656. The Kier molecular flexibility index (Phi) is 6.22. The van der Waals surface area contributed by atoms with Crippen LogP contribution < -0.4 is 0 Å². The van der Waals surface area contributed by atoms with Crippen molar-refractivity contribution in [3.8, 4) is 0 Å². The minimum atomic E-state index is 0.0679. The molecule has 0 spiro atoms. The molecule has 0 radical (unpaired) electrons. The number of hydrogen-bond acceptors (Lipinski definition) is 0. The third kappa shape index (κ3) is 4.84. The van der Waals surface area contributed by atoms with Crippen molar-refractivity contribution >= 4 is 56.3 Å². The van der Waals surface area contributed by atoms with Crippen molar-refractivity contribution in [2.24, 2.45) is 10.8 Å². The molecule has 0 aliphatic heterocycles. The molecule has 0 bridgehead atoms. The van der Waals surface area contributed by atoms with Crippen LogP contribution in [0.25, 0.3) is 11.1 Å². The van der Waals surface area contributed by atoms with Crippen LogP contribution in [0.2, 0.25) is 0 Å². The Morgan fingerprint density at radius 1 is 0.542 bits per heavy atom. The largest absolute Gasteiger partial charge is 0.0560 e. The first-order valence-corrected chi connectivity index (χ1v) is 10.4. The van der Waals surface area contributed by atoms with Gasteiger partial charge in [-0.25, -0.2) is 0 Å². The first-order chi connectivity index (χ1) is 11.0. The molecule has 0 nitrogen and oxygen atoms in total. The van der Waals surface area contributed by atoms with Gasteiger partial charge >= 0.3 is 0 Å². The summed E-state index contributed by atoms with van der Waals surface area (Å²) in [7, 11) is 0. The Morgan fingerprint density at radius 3 is 1.00 bits per heavy atom. The van der Waals surface area contributed by atoms with Crippen molar-refractivity contribution in [2.45, 2.75) is 41.5 Å². The molecule has 0 aromatic heterocycles. The minimum absolute atomic E-state index is 0.0679. The van der Waals surface area contributed by atoms with E-state index in [1.54, 1.807) is 0 Å². The highest BCUT2D eigenvalue weighted by Gasteiger charge is 2.30. The Hall–Kier alpha value is -0.360. The van der Waals surface area contributed by atoms with Gasteiger partial charge < -0.3 is 0 Å². The van der Waals surface area contributed by atoms with Gasteiger partial charge in [0.2, 0.25) is 0 Å². The fraction of sp³-hybridized carbons (Fsp3) is 0.364. The van der Waals surface area contributed by atoms with E-state index in [-0.39, 0.29) is 10.8 Å². The molecular formula is C22H26I2. The maximum atomic E-state index is 2.37. The van der Waals surface area contributed by atoms with Crippen LogP contribution in [0.3, 0.4) is 0 Å². The standard InChI is InChI=1S/C22H26I2/c1-21(2,3)19(15-7-11-17(23)12-8-15)20(22(4,5)6)16-9-13-18(24)14-10-16/h7-14H,1-6H3/b20-19+. The summed E-state index contributed by atoms with van der Waals surface area (Å²) in [6.45, 7) is 13.9. The van der Waals surface area contributed by atoms with Crippen LogP contribution in [0.1, 0.15) is 52.7 Å². The van der Waals surface area contributed by atoms with Crippen LogP contribution in [0, 0.1) is 18.0 Å². The summed E-state index contributed by atoms with van der Waals surface area (Å²) in [5.74, 6) is 0. The molecule has 0 saturated heterocycles. The van der Waals surface area contributed by atoms with Crippen LogP contribution >= 0.6 is 45.2 Å². The molecule has 0 amide bonds. The average Bonchev–Trinajstić information content (AvgIpc) is 2.45. The molecule has 0 N–H and O–H groups in total. The van der Waals surface area contributed by atoms with Crippen LogP contribution in [0.4, 0.5) is 0 Å². The molecule has 2 aromatic carbocycles. The highest BCUT2D eigenvalue weighted by atomic mass is 127. The maximum absolute atomic E-state index is 2.37. The Morgan fingerprint density at radius 2 is 0.792 bits per heavy atom. The third-order valence-electron chi connectivity index (χ3n) is 4.02. The lowest BCUT2D eigenvalue weighted by Crippen LogP contribution is -2.18. The van der Waals surface area contributed by atoms with Crippen molar-refractivity contribution in [3.63, 3.8) is 0 Å². The van der Waals surface area contributed by atoms with Gasteiger partial charge in [-0.2, -0.15) is 0 Å². The van der Waals surface area contributed by atoms with Crippen molar-refractivity contribution < 1.29 is 0 Å². The summed E-state index contributed by atoms with van der Waals surface area (Å²) in [5, 5.41) is 0. The Balaban J connectivity index is 2.83. The summed E-state index contributed by atoms with van der Waals surface area (Å²) in [6, 6.07) is 17.9. The molecule has 0 unspecified atom stereocenters. The van der Waals surface area contributed by atoms with Crippen LogP contribution in [-0.2, 0) is 0 Å². The lowest BCUT2D eigenvalue weighted by molar-refractivity contribution is 0.534. The first-order valence-electron chi connectivity index (χ1n) is 8.27. The van der Waals surface area contributed by atoms with E-state index in [0.717, 1.165) is 0 Å². The number of allylic oxidation sites excluding steroid dienone is 2. The van der Waals surface area contributed by atoms with E-state index >= 15 is 0 Å². The smallest absolute Gasteiger partial charge is 0.0130 e. The maximum Gasteiger partial charge on any atom is 0.0130 e. The van der Waals surface area contributed by atoms with Gasteiger partial charge in [-0.15, -0.1) is 0 Å². The topological polar surface area (TPSA) is 0 Å². The van der Waals surface area contributed by atoms with Crippen LogP contribution in [-0.4, -0.2) is 0 Å². The molecule has 0 fully saturated rings. The number of halogens is 2. The van der Waals surface area contributed by atoms with Crippen molar-refractivity contribution in [2.75, 3.05) is 0 Å². The van der Waals surface area contributed by atoms with E-state index in [1.807, 2.05) is 0 Å². The lowest BCUT2D eigenvalue weighted by Gasteiger charge is -2.34. The molecule has 24 heavy (non-hydrogen) atoms. The highest BCUT2D eigenvalue weighted by molar-refractivity contribution is 14.1. The number of benzene rings is 2. The predicted octanol–water partition coefficient (Wildman–Crippen LogP) is 7.90. The molecule has 128 valence electrons. The van der Waals surface area contributed by atoms with Crippen LogP contribution in [0.5, 0.6) is 0 Å². The zero-order valence-electron chi connectivity index (χ0n) is 15.4. The van der Waals surface area contributed by atoms with E-state index in [4.69, 9.17) is 0 Å². The van der Waals surface area contributed by atoms with Gasteiger partial charge in [-0.05, 0) is 103 Å². The summed E-state index contributed by atoms with van der Waals surface area (Å²) in [5.41, 5.74) is 5.66. The van der Waals surface area contributed by atoms with E-state index in [0.29, 0.717) is 0 Å². The van der Waals surface area contributed by atoms with Crippen molar-refractivity contribution in [3.05, 3.63) is 66.8 Å². The quantitative estimate of drug-likeness (QED) is 0.267. The minimum Gasteiger partial charge on any atom is -0.0560 e. The van der Waals surface area contributed by atoms with Crippen LogP contribution in [0.15, 0.2) is 48.5 Å². The fourth-order valence-corrected chi connectivity index (χ4v) is 3.86. The van der Waals surface area contributed by atoms with E-state index in [9.17, 15) is 0 Å². The Labute approximate surface area is 174 Å². The van der Waals surface area contributed by atoms with Gasteiger partial charge in [0.1, 0.15) is 0 Å². The summed E-state index contributed by atoms with van der Waals surface area (Å²) in [4.78, 5) is 0. The molecule has 0 aliphatic carbocycles. The normalized spacial score (nSPS) is 13.7. The zero-order chi connectivity index (χ0) is 18.1. The molecule has 0 aliphatic rings. The summed E-state index contributed by atoms with van der Waals surface area (Å²) < 4.78 is 2.55. The van der Waals surface area contributed by atoms with Gasteiger partial charge in [-0.1, -0.05) is 65.8 Å². The number of hydrogen-bond donors (Lipinski definition) is 0. The van der Waals surface area contributed by atoms with Gasteiger partial charge in [0, 0.05) is 7.14 Å². The SMILES string of the molecule is CC(C)(C)/C(=C(\c1ccc(I)cc1)C(C)(C)C)c1ccc(I)cc1. The van der Waals surface area contributed by atoms with E-state index in [2.05, 4.69) is 135 Å². The molecule has 2 rings (SSSR count). The second-order valence-electron chi connectivity index (χ2n) is 8.26. The van der Waals surface area contributed by atoms with E-state index in [1.165, 1.54) is 29.4 Å². The molecule has 0 atom stereocenters. The second-order valence-corrected chi connectivity index (χ2v) is 10.8. The highest BCUT2D eigenvalue weighted by Crippen LogP contribution is 2.47. The van der Waals surface area contributed by atoms with E-state index < -0.39 is 0 Å². The molecule has 0 saturated carbocycles. The molecule has 2 aromatic rings. The predicted molar refractivity (Wildman–Crippen MR) is 124 cm³/mol. The second kappa shape index (κ2) is 7.48. The van der Waals surface area contributed by atoms with Gasteiger partial charge in [0.05, 0.1) is 0 Å². The van der Waals surface area contributed by atoms with Gasteiger partial charge in [-0.3, -0.25) is 0 Å².